The Hall–Kier alpha value is -2.44. The van der Waals surface area contributed by atoms with Gasteiger partial charge in [-0.05, 0) is 38.5 Å². The van der Waals surface area contributed by atoms with Gasteiger partial charge < -0.3 is 24.6 Å². The summed E-state index contributed by atoms with van der Waals surface area (Å²) in [7, 11) is 0. The van der Waals surface area contributed by atoms with E-state index in [0.717, 1.165) is 0 Å². The van der Waals surface area contributed by atoms with E-state index in [4.69, 9.17) is 14.2 Å². The maximum Gasteiger partial charge on any atom is 0.408 e. The van der Waals surface area contributed by atoms with E-state index in [0.29, 0.717) is 17.1 Å². The van der Waals surface area contributed by atoms with Crippen molar-refractivity contribution in [3.63, 3.8) is 0 Å². The highest BCUT2D eigenvalue weighted by Gasteiger charge is 2.32. The summed E-state index contributed by atoms with van der Waals surface area (Å²) < 4.78 is 16.3. The Morgan fingerprint density at radius 2 is 1.88 bits per heavy atom. The van der Waals surface area contributed by atoms with Crippen molar-refractivity contribution in [3.8, 4) is 11.5 Å². The lowest BCUT2D eigenvalue weighted by Gasteiger charge is -2.22. The standard InChI is InChI=1S/C17H23NO6/c1-16(2,3)24-15(21)18-11(14(19)20)8-10-6-7-12-13(9-10)23-17(4,5)22-12/h6-7,9,11H,8H2,1-5H3,(H,18,21)(H,19,20)/t11-/m0/s1. The summed E-state index contributed by atoms with van der Waals surface area (Å²) in [5.74, 6) is -0.726. The van der Waals surface area contributed by atoms with Crippen molar-refractivity contribution < 1.29 is 28.9 Å². The molecular weight excluding hydrogens is 314 g/mol. The van der Waals surface area contributed by atoms with E-state index in [-0.39, 0.29) is 6.42 Å². The lowest BCUT2D eigenvalue weighted by Crippen LogP contribution is -2.44. The Kier molecular flexibility index (Phi) is 4.64. The van der Waals surface area contributed by atoms with Crippen molar-refractivity contribution >= 4 is 12.1 Å². The van der Waals surface area contributed by atoms with E-state index in [9.17, 15) is 14.7 Å². The van der Waals surface area contributed by atoms with E-state index in [1.807, 2.05) is 0 Å². The first-order valence-corrected chi connectivity index (χ1v) is 7.68. The van der Waals surface area contributed by atoms with Crippen LogP contribution < -0.4 is 14.8 Å². The second-order valence-electron chi connectivity index (χ2n) is 7.13. The number of hydrogen-bond acceptors (Lipinski definition) is 5. The molecule has 0 saturated carbocycles. The molecule has 0 unspecified atom stereocenters. The number of carbonyl (C=O) groups excluding carboxylic acids is 1. The van der Waals surface area contributed by atoms with E-state index in [1.165, 1.54) is 0 Å². The minimum atomic E-state index is -1.14. The molecule has 1 heterocycles. The molecule has 0 spiro atoms. The molecule has 1 amide bonds. The second-order valence-corrected chi connectivity index (χ2v) is 7.13. The maximum absolute atomic E-state index is 11.8. The van der Waals surface area contributed by atoms with E-state index in [2.05, 4.69) is 5.32 Å². The van der Waals surface area contributed by atoms with Crippen LogP contribution in [0.25, 0.3) is 0 Å². The molecule has 0 saturated heterocycles. The number of alkyl carbamates (subject to hydrolysis) is 1. The number of aliphatic carboxylic acids is 1. The van der Waals surface area contributed by atoms with Crippen LogP contribution in [-0.4, -0.2) is 34.6 Å². The Labute approximate surface area is 140 Å². The number of rotatable bonds is 4. The molecule has 0 aromatic heterocycles. The van der Waals surface area contributed by atoms with Gasteiger partial charge in [-0.3, -0.25) is 0 Å². The van der Waals surface area contributed by atoms with E-state index < -0.39 is 29.5 Å². The number of fused-ring (bicyclic) bond motifs is 1. The van der Waals surface area contributed by atoms with Gasteiger partial charge >= 0.3 is 12.1 Å². The molecule has 1 aromatic carbocycles. The van der Waals surface area contributed by atoms with Crippen LogP contribution in [0.15, 0.2) is 18.2 Å². The predicted molar refractivity (Wildman–Crippen MR) is 86.3 cm³/mol. The normalized spacial score (nSPS) is 16.4. The molecule has 1 aliphatic rings. The fourth-order valence-corrected chi connectivity index (χ4v) is 2.28. The number of ether oxygens (including phenoxy) is 3. The van der Waals surface area contributed by atoms with Crippen LogP contribution in [0, 0.1) is 0 Å². The number of amides is 1. The first-order valence-electron chi connectivity index (χ1n) is 7.68. The van der Waals surface area contributed by atoms with Crippen LogP contribution in [0.1, 0.15) is 40.2 Å². The van der Waals surface area contributed by atoms with Gasteiger partial charge in [-0.2, -0.15) is 0 Å². The molecule has 2 N–H and O–H groups in total. The molecule has 0 aliphatic carbocycles. The van der Waals surface area contributed by atoms with Gasteiger partial charge in [0.2, 0.25) is 5.79 Å². The largest absolute Gasteiger partial charge is 0.480 e. The van der Waals surface area contributed by atoms with Gasteiger partial charge in [0.15, 0.2) is 11.5 Å². The molecular formula is C17H23NO6. The van der Waals surface area contributed by atoms with Gasteiger partial charge in [-0.1, -0.05) is 6.07 Å². The maximum atomic E-state index is 11.8. The first-order chi connectivity index (χ1) is 11.0. The third kappa shape index (κ3) is 4.78. The fourth-order valence-electron chi connectivity index (χ4n) is 2.28. The predicted octanol–water partition coefficient (Wildman–Crippen LogP) is 2.71. The molecule has 132 valence electrons. The minimum absolute atomic E-state index is 0.103. The topological polar surface area (TPSA) is 94.1 Å². The number of carbonyl (C=O) groups is 2. The second kappa shape index (κ2) is 6.22. The molecule has 0 radical (unpaired) electrons. The lowest BCUT2D eigenvalue weighted by atomic mass is 10.1. The van der Waals surface area contributed by atoms with E-state index in [1.54, 1.807) is 52.8 Å². The van der Waals surface area contributed by atoms with Crippen LogP contribution in [0.4, 0.5) is 4.79 Å². The zero-order valence-corrected chi connectivity index (χ0v) is 14.5. The summed E-state index contributed by atoms with van der Waals surface area (Å²) in [4.78, 5) is 23.2. The lowest BCUT2D eigenvalue weighted by molar-refractivity contribution is -0.139. The molecule has 0 fully saturated rings. The molecule has 1 aliphatic heterocycles. The van der Waals surface area contributed by atoms with Crippen molar-refractivity contribution in [2.75, 3.05) is 0 Å². The quantitative estimate of drug-likeness (QED) is 0.877. The summed E-state index contributed by atoms with van der Waals surface area (Å²) in [5, 5.41) is 11.7. The number of benzene rings is 1. The van der Waals surface area contributed by atoms with Gasteiger partial charge in [0.05, 0.1) is 0 Å². The third-order valence-electron chi connectivity index (χ3n) is 3.15. The van der Waals surface area contributed by atoms with Crippen LogP contribution in [0.3, 0.4) is 0 Å². The van der Waals surface area contributed by atoms with Crippen molar-refractivity contribution in [1.82, 2.24) is 5.32 Å². The van der Waals surface area contributed by atoms with Gasteiger partial charge in [-0.25, -0.2) is 9.59 Å². The number of carboxylic acids is 1. The van der Waals surface area contributed by atoms with Gasteiger partial charge in [0.1, 0.15) is 11.6 Å². The highest BCUT2D eigenvalue weighted by molar-refractivity contribution is 5.80. The van der Waals surface area contributed by atoms with Gasteiger partial charge in [0.25, 0.3) is 0 Å². The average Bonchev–Trinajstić information content (AvgIpc) is 2.68. The summed E-state index contributed by atoms with van der Waals surface area (Å²) in [6.45, 7) is 8.71. The first kappa shape index (κ1) is 17.9. The zero-order valence-electron chi connectivity index (χ0n) is 14.5. The average molecular weight is 337 g/mol. The molecule has 7 heteroatoms. The van der Waals surface area contributed by atoms with Crippen LogP contribution in [0.5, 0.6) is 11.5 Å². The molecule has 24 heavy (non-hydrogen) atoms. The smallest absolute Gasteiger partial charge is 0.408 e. The molecule has 1 aromatic rings. The van der Waals surface area contributed by atoms with Crippen molar-refractivity contribution in [2.45, 2.75) is 58.5 Å². The summed E-state index contributed by atoms with van der Waals surface area (Å²) in [5.41, 5.74) is 0.01000. The monoisotopic (exact) mass is 337 g/mol. The highest BCUT2D eigenvalue weighted by atomic mass is 16.7. The zero-order chi connectivity index (χ0) is 18.1. The van der Waals surface area contributed by atoms with Gasteiger partial charge in [-0.15, -0.1) is 0 Å². The Morgan fingerprint density at radius 3 is 2.46 bits per heavy atom. The molecule has 2 rings (SSSR count). The van der Waals surface area contributed by atoms with Crippen LogP contribution in [-0.2, 0) is 16.0 Å². The fraction of sp³-hybridized carbons (Fsp3) is 0.529. The summed E-state index contributed by atoms with van der Waals surface area (Å²) in [6.07, 6.45) is -0.664. The molecule has 1 atom stereocenters. The molecule has 0 bridgehead atoms. The number of carboxylic acid groups (broad SMARTS) is 1. The van der Waals surface area contributed by atoms with Gasteiger partial charge in [0, 0.05) is 20.3 Å². The van der Waals surface area contributed by atoms with Crippen LogP contribution in [0.2, 0.25) is 0 Å². The van der Waals surface area contributed by atoms with Crippen molar-refractivity contribution in [2.24, 2.45) is 0 Å². The molecule has 7 nitrogen and oxygen atoms in total. The Bertz CT molecular complexity index is 647. The highest BCUT2D eigenvalue weighted by Crippen LogP contribution is 2.39. The van der Waals surface area contributed by atoms with Crippen LogP contribution >= 0.6 is 0 Å². The van der Waals surface area contributed by atoms with Crippen molar-refractivity contribution in [3.05, 3.63) is 23.8 Å². The van der Waals surface area contributed by atoms with Crippen molar-refractivity contribution in [1.29, 1.82) is 0 Å². The minimum Gasteiger partial charge on any atom is -0.480 e. The summed E-state index contributed by atoms with van der Waals surface area (Å²) in [6, 6.07) is 4.09. The Morgan fingerprint density at radius 1 is 1.25 bits per heavy atom. The number of nitrogens with one attached hydrogen (secondary N) is 1. The van der Waals surface area contributed by atoms with E-state index >= 15 is 0 Å². The SMILES string of the molecule is CC(C)(C)OC(=O)N[C@@H](Cc1ccc2c(c1)OC(C)(C)O2)C(=O)O. The summed E-state index contributed by atoms with van der Waals surface area (Å²) >= 11 is 0. The third-order valence-corrected chi connectivity index (χ3v) is 3.15. The Balaban J connectivity index is 2.07. The number of hydrogen-bond donors (Lipinski definition) is 2.